The zero-order valence-electron chi connectivity index (χ0n) is 8.34. The van der Waals surface area contributed by atoms with Crippen molar-refractivity contribution in [3.8, 4) is 0 Å². The van der Waals surface area contributed by atoms with Gasteiger partial charge >= 0.3 is 5.97 Å². The average molecular weight is 185 g/mol. The molecule has 0 saturated carbocycles. The number of carbonyl (C=O) groups excluding carboxylic acids is 1. The monoisotopic (exact) mass is 185 g/mol. The van der Waals surface area contributed by atoms with Gasteiger partial charge in [-0.15, -0.1) is 0 Å². The molecule has 0 amide bonds. The van der Waals surface area contributed by atoms with Crippen LogP contribution < -0.4 is 5.32 Å². The summed E-state index contributed by atoms with van der Waals surface area (Å²) in [5, 5.41) is 3.34. The van der Waals surface area contributed by atoms with Crippen molar-refractivity contribution in [2.24, 2.45) is 5.92 Å². The Morgan fingerprint density at radius 2 is 2.15 bits per heavy atom. The minimum absolute atomic E-state index is 0.162. The van der Waals surface area contributed by atoms with E-state index in [1.165, 1.54) is 26.2 Å². The molecule has 0 atom stereocenters. The van der Waals surface area contributed by atoms with Gasteiger partial charge in [0.2, 0.25) is 0 Å². The van der Waals surface area contributed by atoms with Crippen LogP contribution in [0.5, 0.6) is 0 Å². The van der Waals surface area contributed by atoms with Gasteiger partial charge in [0.05, 0.1) is 6.61 Å². The van der Waals surface area contributed by atoms with E-state index in [1.807, 2.05) is 0 Å². The number of hydrogen-bond donors (Lipinski definition) is 1. The summed E-state index contributed by atoms with van der Waals surface area (Å²) in [5.74, 6) is 0.683. The Kier molecular flexibility index (Phi) is 4.83. The highest BCUT2D eigenvalue weighted by atomic mass is 16.5. The summed E-state index contributed by atoms with van der Waals surface area (Å²) in [6.07, 6.45) is 4.78. The van der Waals surface area contributed by atoms with Crippen LogP contribution in [-0.2, 0) is 9.53 Å². The van der Waals surface area contributed by atoms with Gasteiger partial charge < -0.3 is 10.1 Å². The molecule has 0 aromatic heterocycles. The number of rotatable bonds is 4. The molecule has 0 aromatic carbocycles. The fourth-order valence-corrected chi connectivity index (χ4v) is 1.76. The van der Waals surface area contributed by atoms with E-state index in [1.54, 1.807) is 0 Å². The van der Waals surface area contributed by atoms with E-state index in [-0.39, 0.29) is 5.97 Å². The summed E-state index contributed by atoms with van der Waals surface area (Å²) < 4.78 is 4.88. The second-order valence-electron chi connectivity index (χ2n) is 3.68. The van der Waals surface area contributed by atoms with Crippen molar-refractivity contribution in [2.75, 3.05) is 19.7 Å². The van der Waals surface area contributed by atoms with Gasteiger partial charge in [-0.05, 0) is 44.7 Å². The van der Waals surface area contributed by atoms with Crippen LogP contribution in [0, 0.1) is 5.92 Å². The minimum atomic E-state index is -0.162. The molecular weight excluding hydrogens is 166 g/mol. The van der Waals surface area contributed by atoms with Gasteiger partial charge in [-0.2, -0.15) is 0 Å². The third kappa shape index (κ3) is 4.88. The predicted molar refractivity (Wildman–Crippen MR) is 51.5 cm³/mol. The Morgan fingerprint density at radius 1 is 1.46 bits per heavy atom. The van der Waals surface area contributed by atoms with Gasteiger partial charge in [-0.25, -0.2) is 0 Å². The summed E-state index contributed by atoms with van der Waals surface area (Å²) in [6.45, 7) is 4.36. The molecule has 3 heteroatoms. The van der Waals surface area contributed by atoms with Crippen molar-refractivity contribution in [2.45, 2.75) is 32.6 Å². The number of hydrogen-bond acceptors (Lipinski definition) is 3. The summed E-state index contributed by atoms with van der Waals surface area (Å²) in [4.78, 5) is 10.5. The standard InChI is InChI=1S/C10H19NO2/c1-9(12)13-8-2-3-10-4-6-11-7-5-10/h10-11H,2-8H2,1H3. The normalized spacial score (nSPS) is 18.5. The van der Waals surface area contributed by atoms with Crippen molar-refractivity contribution < 1.29 is 9.53 Å². The van der Waals surface area contributed by atoms with Gasteiger partial charge in [0.25, 0.3) is 0 Å². The largest absolute Gasteiger partial charge is 0.466 e. The number of piperidine rings is 1. The fourth-order valence-electron chi connectivity index (χ4n) is 1.76. The van der Waals surface area contributed by atoms with Crippen molar-refractivity contribution in [3.05, 3.63) is 0 Å². The molecule has 1 N–H and O–H groups in total. The Labute approximate surface area is 79.8 Å². The highest BCUT2D eigenvalue weighted by molar-refractivity contribution is 5.65. The summed E-state index contributed by atoms with van der Waals surface area (Å²) in [5.41, 5.74) is 0. The zero-order chi connectivity index (χ0) is 9.52. The minimum Gasteiger partial charge on any atom is -0.466 e. The van der Waals surface area contributed by atoms with Crippen LogP contribution in [-0.4, -0.2) is 25.7 Å². The fraction of sp³-hybridized carbons (Fsp3) is 0.900. The van der Waals surface area contributed by atoms with Crippen LogP contribution in [0.4, 0.5) is 0 Å². The second kappa shape index (κ2) is 5.97. The summed E-state index contributed by atoms with van der Waals surface area (Å²) >= 11 is 0. The first-order valence-corrected chi connectivity index (χ1v) is 5.13. The van der Waals surface area contributed by atoms with Crippen molar-refractivity contribution in [3.63, 3.8) is 0 Å². The third-order valence-electron chi connectivity index (χ3n) is 2.52. The second-order valence-corrected chi connectivity index (χ2v) is 3.68. The van der Waals surface area contributed by atoms with Gasteiger partial charge in [-0.3, -0.25) is 4.79 Å². The van der Waals surface area contributed by atoms with Gasteiger partial charge in [0.15, 0.2) is 0 Å². The average Bonchev–Trinajstić information content (AvgIpc) is 2.14. The molecule has 1 fully saturated rings. The SMILES string of the molecule is CC(=O)OCCCC1CCNCC1. The molecule has 1 aliphatic rings. The molecule has 76 valence electrons. The molecule has 1 heterocycles. The first-order valence-electron chi connectivity index (χ1n) is 5.13. The van der Waals surface area contributed by atoms with Gasteiger partial charge in [0, 0.05) is 6.92 Å². The van der Waals surface area contributed by atoms with E-state index in [2.05, 4.69) is 5.32 Å². The summed E-state index contributed by atoms with van der Waals surface area (Å²) in [6, 6.07) is 0. The Morgan fingerprint density at radius 3 is 2.77 bits per heavy atom. The lowest BCUT2D eigenvalue weighted by molar-refractivity contribution is -0.141. The molecule has 3 nitrogen and oxygen atoms in total. The Hall–Kier alpha value is -0.570. The molecule has 1 aliphatic heterocycles. The maximum absolute atomic E-state index is 10.5. The lowest BCUT2D eigenvalue weighted by atomic mass is 9.93. The zero-order valence-corrected chi connectivity index (χ0v) is 8.34. The van der Waals surface area contributed by atoms with Crippen LogP contribution in [0.25, 0.3) is 0 Å². The molecule has 1 rings (SSSR count). The molecule has 0 aliphatic carbocycles. The molecule has 1 saturated heterocycles. The smallest absolute Gasteiger partial charge is 0.302 e. The van der Waals surface area contributed by atoms with E-state index < -0.39 is 0 Å². The number of carbonyl (C=O) groups is 1. The topological polar surface area (TPSA) is 38.3 Å². The van der Waals surface area contributed by atoms with Gasteiger partial charge in [-0.1, -0.05) is 0 Å². The first-order chi connectivity index (χ1) is 6.29. The van der Waals surface area contributed by atoms with Gasteiger partial charge in [0.1, 0.15) is 0 Å². The van der Waals surface area contributed by atoms with E-state index >= 15 is 0 Å². The molecule has 0 unspecified atom stereocenters. The number of ether oxygens (including phenoxy) is 1. The van der Waals surface area contributed by atoms with E-state index in [4.69, 9.17) is 4.74 Å². The summed E-state index contributed by atoms with van der Waals surface area (Å²) in [7, 11) is 0. The molecular formula is C10H19NO2. The number of nitrogens with one attached hydrogen (secondary N) is 1. The molecule has 0 spiro atoms. The number of esters is 1. The van der Waals surface area contributed by atoms with Crippen LogP contribution >= 0.6 is 0 Å². The Bertz CT molecular complexity index is 153. The van der Waals surface area contributed by atoms with Crippen LogP contribution in [0.1, 0.15) is 32.6 Å². The maximum Gasteiger partial charge on any atom is 0.302 e. The highest BCUT2D eigenvalue weighted by Crippen LogP contribution is 2.17. The maximum atomic E-state index is 10.5. The third-order valence-corrected chi connectivity index (χ3v) is 2.52. The van der Waals surface area contributed by atoms with Crippen molar-refractivity contribution in [1.82, 2.24) is 5.32 Å². The van der Waals surface area contributed by atoms with Crippen molar-refractivity contribution in [1.29, 1.82) is 0 Å². The molecule has 13 heavy (non-hydrogen) atoms. The van der Waals surface area contributed by atoms with E-state index in [9.17, 15) is 4.79 Å². The molecule has 0 bridgehead atoms. The molecule has 0 radical (unpaired) electrons. The lowest BCUT2D eigenvalue weighted by Gasteiger charge is -2.22. The predicted octanol–water partition coefficient (Wildman–Crippen LogP) is 1.33. The van der Waals surface area contributed by atoms with Crippen LogP contribution in [0.15, 0.2) is 0 Å². The lowest BCUT2D eigenvalue weighted by Crippen LogP contribution is -2.27. The van der Waals surface area contributed by atoms with E-state index in [0.29, 0.717) is 6.61 Å². The molecule has 0 aromatic rings. The van der Waals surface area contributed by atoms with Crippen molar-refractivity contribution >= 4 is 5.97 Å². The quantitative estimate of drug-likeness (QED) is 0.530. The highest BCUT2D eigenvalue weighted by Gasteiger charge is 2.12. The van der Waals surface area contributed by atoms with Crippen LogP contribution in [0.3, 0.4) is 0 Å². The Balaban J connectivity index is 1.95. The van der Waals surface area contributed by atoms with Crippen LogP contribution in [0.2, 0.25) is 0 Å². The first kappa shape index (κ1) is 10.5. The van der Waals surface area contributed by atoms with E-state index in [0.717, 1.165) is 25.4 Å².